The van der Waals surface area contributed by atoms with Gasteiger partial charge in [-0.25, -0.2) is 0 Å². The molecule has 13 heteroatoms. The Hall–Kier alpha value is -4.15. The molecule has 1 aromatic heterocycles. The van der Waals surface area contributed by atoms with Crippen molar-refractivity contribution < 1.29 is 23.2 Å². The third kappa shape index (κ3) is 8.20. The van der Waals surface area contributed by atoms with Crippen molar-refractivity contribution in [2.24, 2.45) is 0 Å². The van der Waals surface area contributed by atoms with Crippen LogP contribution in [0.5, 0.6) is 0 Å². The molecule has 4 aromatic rings. The van der Waals surface area contributed by atoms with Crippen molar-refractivity contribution in [3.05, 3.63) is 101 Å². The molecule has 0 saturated heterocycles. The van der Waals surface area contributed by atoms with Crippen LogP contribution >= 0.6 is 19.2 Å². The summed E-state index contributed by atoms with van der Waals surface area (Å²) < 4.78 is 25.3. The standard InChI is InChI=1S/C29H30ClN6O5P/c1-3-40-42(39,41-4-2)25-14-12-24(13-15-25)32-29(38)26(18-21-8-6-5-7-9-21)33-28(37)17-10-22-19-23(30)11-16-27(22)36-20-31-34-35-36/h5-17,19-20,26H,3-4,18H2,1-2H3,(H,32,38)(H,33,37)/t26-/m0/s1. The Labute approximate surface area is 248 Å². The SMILES string of the molecule is CCOP(=O)(OCC)c1ccc(NC(=O)[C@H](Cc2ccccc2)NC(=O)C=Cc2cc(Cl)ccc2-n2cnnn2)cc1. The van der Waals surface area contributed by atoms with Crippen LogP contribution in [0.1, 0.15) is 25.0 Å². The molecule has 11 nitrogen and oxygen atoms in total. The minimum absolute atomic E-state index is 0.224. The van der Waals surface area contributed by atoms with Gasteiger partial charge in [-0.05, 0) is 78.4 Å². The third-order valence-corrected chi connectivity index (χ3v) is 8.33. The predicted molar refractivity (Wildman–Crippen MR) is 161 cm³/mol. The summed E-state index contributed by atoms with van der Waals surface area (Å²) in [5.41, 5.74) is 2.54. The summed E-state index contributed by atoms with van der Waals surface area (Å²) in [6.07, 6.45) is 4.57. The Morgan fingerprint density at radius 3 is 2.38 bits per heavy atom. The number of tetrazole rings is 1. The molecular formula is C29H30ClN6O5P. The summed E-state index contributed by atoms with van der Waals surface area (Å²) in [7, 11) is -3.46. The van der Waals surface area contributed by atoms with E-state index in [9.17, 15) is 14.2 Å². The lowest BCUT2D eigenvalue weighted by Gasteiger charge is -2.19. The number of carbonyl (C=O) groups is 2. The highest BCUT2D eigenvalue weighted by molar-refractivity contribution is 7.62. The first-order chi connectivity index (χ1) is 20.3. The zero-order valence-electron chi connectivity index (χ0n) is 23.0. The van der Waals surface area contributed by atoms with Gasteiger partial charge in [-0.1, -0.05) is 41.9 Å². The minimum Gasteiger partial charge on any atom is -0.340 e. The molecular weight excluding hydrogens is 579 g/mol. The summed E-state index contributed by atoms with van der Waals surface area (Å²) in [6.45, 7) is 3.92. The number of benzene rings is 3. The highest BCUT2D eigenvalue weighted by Gasteiger charge is 2.27. The van der Waals surface area contributed by atoms with E-state index in [1.807, 2.05) is 30.3 Å². The van der Waals surface area contributed by atoms with Crippen LogP contribution in [-0.2, 0) is 29.6 Å². The second kappa shape index (κ2) is 14.7. The second-order valence-corrected chi connectivity index (χ2v) is 11.4. The van der Waals surface area contributed by atoms with Crippen LogP contribution in [0.25, 0.3) is 11.8 Å². The van der Waals surface area contributed by atoms with Crippen molar-refractivity contribution >= 4 is 48.1 Å². The number of anilines is 1. The quantitative estimate of drug-likeness (QED) is 0.166. The van der Waals surface area contributed by atoms with Gasteiger partial charge in [-0.3, -0.25) is 14.2 Å². The molecule has 4 rings (SSSR count). The molecule has 0 fully saturated rings. The Morgan fingerprint density at radius 1 is 1.02 bits per heavy atom. The lowest BCUT2D eigenvalue weighted by atomic mass is 10.0. The van der Waals surface area contributed by atoms with Crippen LogP contribution in [0.2, 0.25) is 5.02 Å². The molecule has 2 N–H and O–H groups in total. The van der Waals surface area contributed by atoms with Gasteiger partial charge in [-0.2, -0.15) is 4.68 Å². The van der Waals surface area contributed by atoms with Crippen molar-refractivity contribution in [3.63, 3.8) is 0 Å². The fraction of sp³-hybridized carbons (Fsp3) is 0.207. The average molecular weight is 609 g/mol. The summed E-state index contributed by atoms with van der Waals surface area (Å²) in [6, 6.07) is 19.9. The lowest BCUT2D eigenvalue weighted by Crippen LogP contribution is -2.44. The fourth-order valence-electron chi connectivity index (χ4n) is 4.07. The number of hydrogen-bond donors (Lipinski definition) is 2. The number of nitrogens with zero attached hydrogens (tertiary/aromatic N) is 4. The second-order valence-electron chi connectivity index (χ2n) is 8.91. The van der Waals surface area contributed by atoms with Crippen molar-refractivity contribution in [2.75, 3.05) is 18.5 Å². The molecule has 1 atom stereocenters. The Balaban J connectivity index is 1.51. The van der Waals surface area contributed by atoms with Gasteiger partial charge in [-0.15, -0.1) is 5.10 Å². The van der Waals surface area contributed by atoms with Gasteiger partial charge in [0.1, 0.15) is 12.4 Å². The normalized spacial score (nSPS) is 12.3. The van der Waals surface area contributed by atoms with Crippen LogP contribution in [0.3, 0.4) is 0 Å². The Kier molecular flexibility index (Phi) is 10.7. The number of aromatic nitrogens is 4. The molecule has 42 heavy (non-hydrogen) atoms. The lowest BCUT2D eigenvalue weighted by molar-refractivity contribution is -0.123. The summed E-state index contributed by atoms with van der Waals surface area (Å²) in [5.74, 6) is -0.915. The van der Waals surface area contributed by atoms with E-state index in [0.717, 1.165) is 5.56 Å². The molecule has 3 aromatic carbocycles. The topological polar surface area (TPSA) is 137 Å². The summed E-state index contributed by atoms with van der Waals surface area (Å²) >= 11 is 6.17. The van der Waals surface area contributed by atoms with E-state index in [2.05, 4.69) is 26.2 Å². The molecule has 0 bridgehead atoms. The Morgan fingerprint density at radius 2 is 1.74 bits per heavy atom. The van der Waals surface area contributed by atoms with Gasteiger partial charge in [0.25, 0.3) is 0 Å². The maximum Gasteiger partial charge on any atom is 0.361 e. The number of amides is 2. The molecule has 0 radical (unpaired) electrons. The molecule has 0 aliphatic rings. The number of hydrogen-bond acceptors (Lipinski definition) is 8. The predicted octanol–water partition coefficient (Wildman–Crippen LogP) is 4.59. The zero-order valence-corrected chi connectivity index (χ0v) is 24.7. The monoisotopic (exact) mass is 608 g/mol. The van der Waals surface area contributed by atoms with Crippen LogP contribution in [0, 0.1) is 0 Å². The Bertz CT molecular complexity index is 1560. The number of carbonyl (C=O) groups excluding carboxylic acids is 2. The summed E-state index contributed by atoms with van der Waals surface area (Å²) in [5, 5.41) is 17.7. The molecule has 218 valence electrons. The first-order valence-electron chi connectivity index (χ1n) is 13.2. The molecule has 0 aliphatic carbocycles. The number of halogens is 1. The van der Waals surface area contributed by atoms with Crippen LogP contribution in [0.4, 0.5) is 5.69 Å². The minimum atomic E-state index is -3.46. The average Bonchev–Trinajstić information content (AvgIpc) is 3.52. The molecule has 0 unspecified atom stereocenters. The van der Waals surface area contributed by atoms with Gasteiger partial charge < -0.3 is 19.7 Å². The summed E-state index contributed by atoms with van der Waals surface area (Å²) in [4.78, 5) is 26.4. The van der Waals surface area contributed by atoms with E-state index in [1.54, 1.807) is 62.4 Å². The van der Waals surface area contributed by atoms with Gasteiger partial charge in [0.15, 0.2) is 0 Å². The van der Waals surface area contributed by atoms with Gasteiger partial charge in [0.05, 0.1) is 24.2 Å². The molecule has 2 amide bonds. The van der Waals surface area contributed by atoms with Gasteiger partial charge in [0, 0.05) is 28.8 Å². The highest BCUT2D eigenvalue weighted by atomic mass is 35.5. The van der Waals surface area contributed by atoms with Crippen LogP contribution < -0.4 is 15.9 Å². The van der Waals surface area contributed by atoms with E-state index in [-0.39, 0.29) is 19.6 Å². The number of rotatable bonds is 13. The van der Waals surface area contributed by atoms with Gasteiger partial charge in [0.2, 0.25) is 11.8 Å². The molecule has 0 aliphatic heterocycles. The first-order valence-corrected chi connectivity index (χ1v) is 15.1. The maximum absolute atomic E-state index is 13.4. The highest BCUT2D eigenvalue weighted by Crippen LogP contribution is 2.46. The van der Waals surface area contributed by atoms with Gasteiger partial charge >= 0.3 is 7.60 Å². The molecule has 0 spiro atoms. The maximum atomic E-state index is 13.4. The van der Waals surface area contributed by atoms with E-state index < -0.39 is 25.5 Å². The van der Waals surface area contributed by atoms with Crippen molar-refractivity contribution in [3.8, 4) is 5.69 Å². The van der Waals surface area contributed by atoms with E-state index >= 15 is 0 Å². The molecule has 1 heterocycles. The van der Waals surface area contributed by atoms with Crippen LogP contribution in [0.15, 0.2) is 85.2 Å². The van der Waals surface area contributed by atoms with Crippen LogP contribution in [-0.4, -0.2) is 51.3 Å². The van der Waals surface area contributed by atoms with E-state index in [4.69, 9.17) is 20.6 Å². The third-order valence-electron chi connectivity index (χ3n) is 5.96. The zero-order chi connectivity index (χ0) is 30.0. The van der Waals surface area contributed by atoms with Crippen molar-refractivity contribution in [2.45, 2.75) is 26.3 Å². The first kappa shape index (κ1) is 30.8. The van der Waals surface area contributed by atoms with Crippen molar-refractivity contribution in [1.29, 1.82) is 0 Å². The fourth-order valence-corrected chi connectivity index (χ4v) is 5.81. The van der Waals surface area contributed by atoms with E-state index in [0.29, 0.717) is 27.3 Å². The number of nitrogens with one attached hydrogen (secondary N) is 2. The largest absolute Gasteiger partial charge is 0.361 e. The van der Waals surface area contributed by atoms with E-state index in [1.165, 1.54) is 17.1 Å². The smallest absolute Gasteiger partial charge is 0.340 e. The van der Waals surface area contributed by atoms with Crippen molar-refractivity contribution in [1.82, 2.24) is 25.5 Å². The molecule has 0 saturated carbocycles.